The first-order valence-corrected chi connectivity index (χ1v) is 9.53. The molecule has 1 saturated heterocycles. The van der Waals surface area contributed by atoms with Gasteiger partial charge in [-0.25, -0.2) is 0 Å². The van der Waals surface area contributed by atoms with E-state index in [0.29, 0.717) is 16.9 Å². The fraction of sp³-hybridized carbons (Fsp3) is 0.438. The standard InChI is InChI=1S/C16H19N3O2S2/c1-12-6-8-19(9-7-12)15(20)11-23-16-18-17-14(21-16)5-4-13-3-2-10-22-13/h2-5,10,12H,6-9,11H2,1H3/b5-4+. The van der Waals surface area contributed by atoms with E-state index < -0.39 is 0 Å². The molecule has 2 aromatic rings. The van der Waals surface area contributed by atoms with Crippen LogP contribution in [0.1, 0.15) is 30.5 Å². The maximum absolute atomic E-state index is 12.2. The smallest absolute Gasteiger partial charge is 0.277 e. The van der Waals surface area contributed by atoms with Crippen LogP contribution < -0.4 is 0 Å². The fourth-order valence-electron chi connectivity index (χ4n) is 2.36. The molecular weight excluding hydrogens is 330 g/mol. The molecule has 0 atom stereocenters. The number of hydrogen-bond donors (Lipinski definition) is 0. The first-order chi connectivity index (χ1) is 11.2. The van der Waals surface area contributed by atoms with Crippen LogP contribution >= 0.6 is 23.1 Å². The molecule has 0 aliphatic carbocycles. The maximum Gasteiger partial charge on any atom is 0.277 e. The Morgan fingerprint density at radius 3 is 3.00 bits per heavy atom. The minimum Gasteiger partial charge on any atom is -0.412 e. The van der Waals surface area contributed by atoms with Gasteiger partial charge in [-0.2, -0.15) is 0 Å². The molecule has 0 saturated carbocycles. The minimum absolute atomic E-state index is 0.149. The van der Waals surface area contributed by atoms with Gasteiger partial charge in [0.25, 0.3) is 5.22 Å². The van der Waals surface area contributed by atoms with Gasteiger partial charge in [0.2, 0.25) is 11.8 Å². The molecule has 1 fully saturated rings. The monoisotopic (exact) mass is 349 g/mol. The van der Waals surface area contributed by atoms with Crippen molar-refractivity contribution in [3.8, 4) is 0 Å². The molecule has 7 heteroatoms. The van der Waals surface area contributed by atoms with Crippen molar-refractivity contribution in [3.63, 3.8) is 0 Å². The summed E-state index contributed by atoms with van der Waals surface area (Å²) in [6.07, 6.45) is 5.91. The number of rotatable bonds is 5. The number of carbonyl (C=O) groups is 1. The average Bonchev–Trinajstić information content (AvgIpc) is 3.23. The topological polar surface area (TPSA) is 59.2 Å². The van der Waals surface area contributed by atoms with Crippen LogP contribution in [-0.4, -0.2) is 39.8 Å². The molecular formula is C16H19N3O2S2. The van der Waals surface area contributed by atoms with Gasteiger partial charge in [-0.05, 0) is 36.3 Å². The molecule has 1 aliphatic heterocycles. The zero-order chi connectivity index (χ0) is 16.1. The normalized spacial score (nSPS) is 16.3. The number of aromatic nitrogens is 2. The van der Waals surface area contributed by atoms with Crippen molar-refractivity contribution in [1.29, 1.82) is 0 Å². The number of piperidine rings is 1. The van der Waals surface area contributed by atoms with Crippen LogP contribution in [0.25, 0.3) is 12.2 Å². The Bertz CT molecular complexity index is 659. The lowest BCUT2D eigenvalue weighted by Gasteiger charge is -2.30. The zero-order valence-corrected chi connectivity index (χ0v) is 14.6. The van der Waals surface area contributed by atoms with E-state index in [1.807, 2.05) is 28.5 Å². The van der Waals surface area contributed by atoms with Crippen molar-refractivity contribution in [2.75, 3.05) is 18.8 Å². The molecule has 5 nitrogen and oxygen atoms in total. The summed E-state index contributed by atoms with van der Waals surface area (Å²) in [5, 5.41) is 10.4. The number of carbonyl (C=O) groups excluding carboxylic acids is 1. The number of thiophene rings is 1. The van der Waals surface area contributed by atoms with Crippen LogP contribution in [0.2, 0.25) is 0 Å². The SMILES string of the molecule is CC1CCN(C(=O)CSc2nnc(/C=C/c3cccs3)o2)CC1. The van der Waals surface area contributed by atoms with Gasteiger partial charge in [-0.1, -0.05) is 24.8 Å². The molecule has 2 aromatic heterocycles. The van der Waals surface area contributed by atoms with Crippen LogP contribution in [0.4, 0.5) is 0 Å². The highest BCUT2D eigenvalue weighted by Crippen LogP contribution is 2.21. The highest BCUT2D eigenvalue weighted by Gasteiger charge is 2.20. The van der Waals surface area contributed by atoms with Crippen LogP contribution in [0.15, 0.2) is 27.2 Å². The Hall–Kier alpha value is -1.60. The number of likely N-dealkylation sites (tertiary alicyclic amines) is 1. The molecule has 23 heavy (non-hydrogen) atoms. The molecule has 0 unspecified atom stereocenters. The second-order valence-electron chi connectivity index (χ2n) is 5.61. The lowest BCUT2D eigenvalue weighted by Crippen LogP contribution is -2.38. The predicted molar refractivity (Wildman–Crippen MR) is 93.2 cm³/mol. The quantitative estimate of drug-likeness (QED) is 0.771. The van der Waals surface area contributed by atoms with Crippen molar-refractivity contribution in [3.05, 3.63) is 28.3 Å². The van der Waals surface area contributed by atoms with E-state index in [-0.39, 0.29) is 5.91 Å². The fourth-order valence-corrected chi connectivity index (χ4v) is 3.65. The van der Waals surface area contributed by atoms with E-state index >= 15 is 0 Å². The molecule has 1 amide bonds. The Morgan fingerprint density at radius 1 is 1.43 bits per heavy atom. The van der Waals surface area contributed by atoms with Gasteiger partial charge in [0.15, 0.2) is 0 Å². The van der Waals surface area contributed by atoms with Gasteiger partial charge in [-0.3, -0.25) is 4.79 Å². The van der Waals surface area contributed by atoms with Crippen molar-refractivity contribution in [2.45, 2.75) is 25.0 Å². The first kappa shape index (κ1) is 16.3. The average molecular weight is 349 g/mol. The third-order valence-corrected chi connectivity index (χ3v) is 5.45. The number of hydrogen-bond acceptors (Lipinski definition) is 6. The van der Waals surface area contributed by atoms with Crippen LogP contribution in [0.3, 0.4) is 0 Å². The number of amides is 1. The minimum atomic E-state index is 0.149. The van der Waals surface area contributed by atoms with Gasteiger partial charge < -0.3 is 9.32 Å². The summed E-state index contributed by atoms with van der Waals surface area (Å²) in [4.78, 5) is 15.2. The number of thioether (sulfide) groups is 1. The molecule has 0 aromatic carbocycles. The van der Waals surface area contributed by atoms with Crippen LogP contribution in [0.5, 0.6) is 0 Å². The summed E-state index contributed by atoms with van der Waals surface area (Å²) in [6, 6.07) is 4.01. The zero-order valence-electron chi connectivity index (χ0n) is 13.0. The van der Waals surface area contributed by atoms with E-state index in [1.165, 1.54) is 11.8 Å². The highest BCUT2D eigenvalue weighted by molar-refractivity contribution is 7.99. The molecule has 0 N–H and O–H groups in total. The lowest BCUT2D eigenvalue weighted by molar-refractivity contribution is -0.129. The van der Waals surface area contributed by atoms with Gasteiger partial charge in [0.05, 0.1) is 5.75 Å². The van der Waals surface area contributed by atoms with Crippen molar-refractivity contribution >= 4 is 41.2 Å². The van der Waals surface area contributed by atoms with Gasteiger partial charge in [0, 0.05) is 24.0 Å². The third-order valence-electron chi connectivity index (χ3n) is 3.81. The lowest BCUT2D eigenvalue weighted by atomic mass is 9.99. The predicted octanol–water partition coefficient (Wildman–Crippen LogP) is 3.65. The summed E-state index contributed by atoms with van der Waals surface area (Å²) in [6.45, 7) is 3.96. The Kier molecular flexibility index (Phi) is 5.51. The van der Waals surface area contributed by atoms with Gasteiger partial charge in [0.1, 0.15) is 0 Å². The summed E-state index contributed by atoms with van der Waals surface area (Å²) in [7, 11) is 0. The van der Waals surface area contributed by atoms with E-state index in [1.54, 1.807) is 17.4 Å². The Balaban J connectivity index is 1.48. The maximum atomic E-state index is 12.2. The van der Waals surface area contributed by atoms with Crippen LogP contribution in [0, 0.1) is 5.92 Å². The Morgan fingerprint density at radius 2 is 2.26 bits per heavy atom. The molecule has 3 rings (SSSR count). The summed E-state index contributed by atoms with van der Waals surface area (Å²) in [5.74, 6) is 1.68. The second kappa shape index (κ2) is 7.79. The molecule has 0 spiro atoms. The Labute approximate surface area is 143 Å². The molecule has 0 radical (unpaired) electrons. The highest BCUT2D eigenvalue weighted by atomic mass is 32.2. The van der Waals surface area contributed by atoms with E-state index in [2.05, 4.69) is 17.1 Å². The largest absolute Gasteiger partial charge is 0.412 e. The van der Waals surface area contributed by atoms with Crippen LogP contribution in [-0.2, 0) is 4.79 Å². The summed E-state index contributed by atoms with van der Waals surface area (Å²) < 4.78 is 5.52. The van der Waals surface area contributed by atoms with Gasteiger partial charge in [-0.15, -0.1) is 21.5 Å². The number of nitrogens with zero attached hydrogens (tertiary/aromatic N) is 3. The first-order valence-electron chi connectivity index (χ1n) is 7.66. The summed E-state index contributed by atoms with van der Waals surface area (Å²) in [5.41, 5.74) is 0. The van der Waals surface area contributed by atoms with E-state index in [9.17, 15) is 4.79 Å². The van der Waals surface area contributed by atoms with Crippen molar-refractivity contribution < 1.29 is 9.21 Å². The second-order valence-corrected chi connectivity index (χ2v) is 7.51. The van der Waals surface area contributed by atoms with Gasteiger partial charge >= 0.3 is 0 Å². The summed E-state index contributed by atoms with van der Waals surface area (Å²) >= 11 is 2.95. The third kappa shape index (κ3) is 4.68. The molecule has 3 heterocycles. The molecule has 0 bridgehead atoms. The molecule has 122 valence electrons. The van der Waals surface area contributed by atoms with Crippen molar-refractivity contribution in [2.24, 2.45) is 5.92 Å². The molecule has 1 aliphatic rings. The van der Waals surface area contributed by atoms with E-state index in [4.69, 9.17) is 4.42 Å². The van der Waals surface area contributed by atoms with Crippen molar-refractivity contribution in [1.82, 2.24) is 15.1 Å². The van der Waals surface area contributed by atoms with E-state index in [0.717, 1.165) is 36.7 Å².